The Morgan fingerprint density at radius 2 is 1.67 bits per heavy atom. The maximum Gasteiger partial charge on any atom is 0.410 e. The van der Waals surface area contributed by atoms with Crippen molar-refractivity contribution in [3.63, 3.8) is 0 Å². The summed E-state index contributed by atoms with van der Waals surface area (Å²) in [5.41, 5.74) is -0.560. The van der Waals surface area contributed by atoms with Crippen LogP contribution in [0.5, 0.6) is 0 Å². The minimum atomic E-state index is -4.13. The third-order valence-electron chi connectivity index (χ3n) is 4.00. The predicted octanol–water partition coefficient (Wildman–Crippen LogP) is 2.88. The molecule has 0 saturated carbocycles. The van der Waals surface area contributed by atoms with E-state index in [1.807, 2.05) is 20.8 Å². The van der Waals surface area contributed by atoms with E-state index in [1.54, 1.807) is 4.90 Å². The predicted molar refractivity (Wildman–Crippen MR) is 72.0 cm³/mol. The Bertz CT molecular complexity index is 388. The molecule has 2 heterocycles. The fourth-order valence-corrected chi connectivity index (χ4v) is 3.07. The quantitative estimate of drug-likeness (QED) is 0.747. The van der Waals surface area contributed by atoms with Crippen LogP contribution in [0.1, 0.15) is 33.6 Å². The van der Waals surface area contributed by atoms with Gasteiger partial charge in [-0.1, -0.05) is 0 Å². The van der Waals surface area contributed by atoms with Gasteiger partial charge in [0.15, 0.2) is 0 Å². The van der Waals surface area contributed by atoms with Gasteiger partial charge in [-0.25, -0.2) is 4.79 Å². The molecule has 2 saturated heterocycles. The molecule has 0 N–H and O–H groups in total. The Morgan fingerprint density at radius 3 is 2.10 bits per heavy atom. The van der Waals surface area contributed by atoms with Gasteiger partial charge in [0.1, 0.15) is 5.60 Å². The highest BCUT2D eigenvalue weighted by Crippen LogP contribution is 2.41. The first-order valence-corrected chi connectivity index (χ1v) is 7.25. The van der Waals surface area contributed by atoms with Crippen molar-refractivity contribution in [1.82, 2.24) is 9.80 Å². The van der Waals surface area contributed by atoms with E-state index in [4.69, 9.17) is 4.74 Å². The van der Waals surface area contributed by atoms with Crippen molar-refractivity contribution in [3.8, 4) is 0 Å². The molecule has 0 aliphatic carbocycles. The zero-order valence-corrected chi connectivity index (χ0v) is 12.8. The average Bonchev–Trinajstić information content (AvgIpc) is 2.23. The highest BCUT2D eigenvalue weighted by atomic mass is 19.4. The molecule has 4 nitrogen and oxygen atoms in total. The Morgan fingerprint density at radius 1 is 1.14 bits per heavy atom. The number of piperidine rings is 1. The Kier molecular flexibility index (Phi) is 4.17. The van der Waals surface area contributed by atoms with Gasteiger partial charge in [0.2, 0.25) is 0 Å². The van der Waals surface area contributed by atoms with Crippen molar-refractivity contribution < 1.29 is 22.7 Å². The van der Waals surface area contributed by atoms with Crippen LogP contribution in [0, 0.1) is 5.41 Å². The summed E-state index contributed by atoms with van der Waals surface area (Å²) in [4.78, 5) is 15.0. The number of ether oxygens (including phenoxy) is 1. The number of nitrogens with zero attached hydrogens (tertiary/aromatic N) is 2. The van der Waals surface area contributed by atoms with Crippen LogP contribution in [0.3, 0.4) is 0 Å². The van der Waals surface area contributed by atoms with Crippen molar-refractivity contribution in [2.45, 2.75) is 45.4 Å². The number of amides is 1. The molecule has 1 spiro atoms. The van der Waals surface area contributed by atoms with Crippen molar-refractivity contribution in [1.29, 1.82) is 0 Å². The largest absolute Gasteiger partial charge is 0.444 e. The normalized spacial score (nSPS) is 23.0. The zero-order chi connectivity index (χ0) is 15.9. The first kappa shape index (κ1) is 16.4. The van der Waals surface area contributed by atoms with Gasteiger partial charge in [-0.2, -0.15) is 13.2 Å². The Labute approximate surface area is 123 Å². The van der Waals surface area contributed by atoms with E-state index in [-0.39, 0.29) is 11.5 Å². The number of carbonyl (C=O) groups is 1. The minimum Gasteiger partial charge on any atom is -0.444 e. The second-order valence-electron chi connectivity index (χ2n) is 7.23. The number of hydrogen-bond acceptors (Lipinski definition) is 3. The van der Waals surface area contributed by atoms with Gasteiger partial charge in [-0.15, -0.1) is 0 Å². The number of rotatable bonds is 1. The fraction of sp³-hybridized carbons (Fsp3) is 0.929. The molecule has 21 heavy (non-hydrogen) atoms. The highest BCUT2D eigenvalue weighted by molar-refractivity contribution is 5.68. The van der Waals surface area contributed by atoms with Crippen molar-refractivity contribution in [2.24, 2.45) is 5.41 Å². The molecule has 0 bridgehead atoms. The molecule has 2 aliphatic heterocycles. The molecule has 0 aromatic carbocycles. The van der Waals surface area contributed by atoms with Crippen LogP contribution in [0.2, 0.25) is 0 Å². The summed E-state index contributed by atoms with van der Waals surface area (Å²) in [7, 11) is 0. The van der Waals surface area contributed by atoms with E-state index >= 15 is 0 Å². The van der Waals surface area contributed by atoms with Gasteiger partial charge in [0, 0.05) is 26.2 Å². The summed E-state index contributed by atoms with van der Waals surface area (Å²) >= 11 is 0. The molecule has 122 valence electrons. The third kappa shape index (κ3) is 4.49. The second kappa shape index (κ2) is 5.34. The molecular formula is C14H23F3N2O2. The van der Waals surface area contributed by atoms with Crippen LogP contribution in [0.15, 0.2) is 0 Å². The molecule has 0 aromatic heterocycles. The fourth-order valence-electron chi connectivity index (χ4n) is 3.07. The lowest BCUT2D eigenvalue weighted by atomic mass is 9.72. The number of alkyl halides is 3. The van der Waals surface area contributed by atoms with Gasteiger partial charge >= 0.3 is 12.3 Å². The molecule has 2 rings (SSSR count). The summed E-state index contributed by atoms with van der Waals surface area (Å²) in [6, 6.07) is 0. The second-order valence-corrected chi connectivity index (χ2v) is 7.23. The molecule has 7 heteroatoms. The molecule has 0 aromatic rings. The number of halogens is 3. The zero-order valence-electron chi connectivity index (χ0n) is 12.8. The van der Waals surface area contributed by atoms with Crippen LogP contribution in [0.4, 0.5) is 18.0 Å². The van der Waals surface area contributed by atoms with Crippen molar-refractivity contribution in [2.75, 3.05) is 32.7 Å². The van der Waals surface area contributed by atoms with E-state index in [0.29, 0.717) is 26.2 Å². The van der Waals surface area contributed by atoms with E-state index in [9.17, 15) is 18.0 Å². The minimum absolute atomic E-state index is 0.0379. The molecule has 2 aliphatic rings. The maximum absolute atomic E-state index is 12.3. The van der Waals surface area contributed by atoms with E-state index < -0.39 is 18.3 Å². The van der Waals surface area contributed by atoms with Gasteiger partial charge in [0.05, 0.1) is 6.54 Å². The maximum atomic E-state index is 12.3. The van der Waals surface area contributed by atoms with E-state index in [0.717, 1.165) is 12.8 Å². The SMILES string of the molecule is CC(C)(C)OC(=O)N1CCC2(CC1)CN(CC(F)(F)F)C2. The summed E-state index contributed by atoms with van der Waals surface area (Å²) in [5, 5.41) is 0. The average molecular weight is 308 g/mol. The molecule has 2 fully saturated rings. The lowest BCUT2D eigenvalue weighted by Gasteiger charge is -2.54. The standard InChI is InChI=1S/C14H23F3N2O2/c1-12(2,3)21-11(20)19-6-4-13(5-7-19)8-18(9-13)10-14(15,16)17/h4-10H2,1-3H3. The summed E-state index contributed by atoms with van der Waals surface area (Å²) in [5.74, 6) is 0. The van der Waals surface area contributed by atoms with Crippen LogP contribution in [0.25, 0.3) is 0 Å². The van der Waals surface area contributed by atoms with E-state index in [1.165, 1.54) is 4.90 Å². The summed E-state index contributed by atoms with van der Waals surface area (Å²) in [6.07, 6.45) is -2.95. The van der Waals surface area contributed by atoms with Gasteiger partial charge in [0.25, 0.3) is 0 Å². The molecule has 0 atom stereocenters. The molecule has 0 radical (unpaired) electrons. The number of likely N-dealkylation sites (tertiary alicyclic amines) is 2. The molecule has 0 unspecified atom stereocenters. The Balaban J connectivity index is 1.76. The monoisotopic (exact) mass is 308 g/mol. The van der Waals surface area contributed by atoms with Crippen LogP contribution >= 0.6 is 0 Å². The van der Waals surface area contributed by atoms with Crippen LogP contribution < -0.4 is 0 Å². The lowest BCUT2D eigenvalue weighted by Crippen LogP contribution is -2.62. The van der Waals surface area contributed by atoms with Crippen molar-refractivity contribution >= 4 is 6.09 Å². The first-order valence-electron chi connectivity index (χ1n) is 7.25. The van der Waals surface area contributed by atoms with Crippen LogP contribution in [-0.2, 0) is 4.74 Å². The highest BCUT2D eigenvalue weighted by Gasteiger charge is 2.48. The topological polar surface area (TPSA) is 32.8 Å². The number of carbonyl (C=O) groups excluding carboxylic acids is 1. The van der Waals surface area contributed by atoms with Gasteiger partial charge in [-0.05, 0) is 39.0 Å². The van der Waals surface area contributed by atoms with Gasteiger partial charge < -0.3 is 9.64 Å². The third-order valence-corrected chi connectivity index (χ3v) is 4.00. The van der Waals surface area contributed by atoms with Crippen molar-refractivity contribution in [3.05, 3.63) is 0 Å². The number of hydrogen-bond donors (Lipinski definition) is 0. The Hall–Kier alpha value is -0.980. The summed E-state index contributed by atoms with van der Waals surface area (Å²) < 4.78 is 42.2. The van der Waals surface area contributed by atoms with Crippen LogP contribution in [-0.4, -0.2) is 60.4 Å². The smallest absolute Gasteiger partial charge is 0.410 e. The lowest BCUT2D eigenvalue weighted by molar-refractivity contribution is -0.174. The van der Waals surface area contributed by atoms with Gasteiger partial charge in [-0.3, -0.25) is 4.90 Å². The molecular weight excluding hydrogens is 285 g/mol. The first-order chi connectivity index (χ1) is 9.48. The summed E-state index contributed by atoms with van der Waals surface area (Å²) in [6.45, 7) is 6.71. The molecule has 1 amide bonds. The van der Waals surface area contributed by atoms with E-state index in [2.05, 4.69) is 0 Å².